The average Bonchev–Trinajstić information content (AvgIpc) is 2.63. The summed E-state index contributed by atoms with van der Waals surface area (Å²) in [5.74, 6) is -0.657. The van der Waals surface area contributed by atoms with Crippen LogP contribution in [0.25, 0.3) is 0 Å². The van der Waals surface area contributed by atoms with Crippen molar-refractivity contribution in [3.05, 3.63) is 12.2 Å². The molecule has 2 N–H and O–H groups in total. The zero-order chi connectivity index (χ0) is 12.9. The number of allylic oxidation sites excluding steroid dienone is 2. The summed E-state index contributed by atoms with van der Waals surface area (Å²) in [6.07, 6.45) is 6.20. The molecule has 1 saturated carbocycles. The normalized spacial score (nSPS) is 37.2. The lowest BCUT2D eigenvalue weighted by Gasteiger charge is -2.38. The highest BCUT2D eigenvalue weighted by atomic mass is 16.2. The Balaban J connectivity index is 1.83. The SMILES string of the molecule is NC(=O)CCN1C(=O)C2C3C=CC(CC3)C2C1=O. The van der Waals surface area contributed by atoms with Gasteiger partial charge in [-0.2, -0.15) is 0 Å². The van der Waals surface area contributed by atoms with Crippen molar-refractivity contribution in [2.24, 2.45) is 29.4 Å². The summed E-state index contributed by atoms with van der Waals surface area (Å²) in [4.78, 5) is 36.6. The van der Waals surface area contributed by atoms with Crippen LogP contribution in [0, 0.1) is 23.7 Å². The van der Waals surface area contributed by atoms with Crippen LogP contribution in [-0.2, 0) is 14.4 Å². The lowest BCUT2D eigenvalue weighted by Crippen LogP contribution is -2.38. The Labute approximate surface area is 105 Å². The van der Waals surface area contributed by atoms with E-state index in [2.05, 4.69) is 12.2 Å². The molecule has 4 aliphatic rings. The summed E-state index contributed by atoms with van der Waals surface area (Å²) in [6, 6.07) is 0. The molecule has 1 heterocycles. The summed E-state index contributed by atoms with van der Waals surface area (Å²) < 4.78 is 0. The number of likely N-dealkylation sites (tertiary alicyclic amines) is 1. The van der Waals surface area contributed by atoms with E-state index in [-0.39, 0.29) is 48.5 Å². The molecule has 4 atom stereocenters. The van der Waals surface area contributed by atoms with Gasteiger partial charge in [0.1, 0.15) is 0 Å². The maximum absolute atomic E-state index is 12.3. The minimum Gasteiger partial charge on any atom is -0.370 e. The second kappa shape index (κ2) is 3.93. The number of nitrogens with zero attached hydrogens (tertiary/aromatic N) is 1. The Bertz CT molecular complexity index is 425. The molecule has 96 valence electrons. The number of primary amides is 1. The first-order valence-corrected chi connectivity index (χ1v) is 6.41. The molecule has 5 nitrogen and oxygen atoms in total. The highest BCUT2D eigenvalue weighted by molar-refractivity contribution is 6.06. The van der Waals surface area contributed by atoms with Gasteiger partial charge >= 0.3 is 0 Å². The van der Waals surface area contributed by atoms with E-state index >= 15 is 0 Å². The van der Waals surface area contributed by atoms with Crippen LogP contribution in [0.15, 0.2) is 12.2 Å². The molecule has 4 unspecified atom stereocenters. The van der Waals surface area contributed by atoms with Gasteiger partial charge in [0.15, 0.2) is 0 Å². The molecule has 3 aliphatic carbocycles. The lowest BCUT2D eigenvalue weighted by molar-refractivity contribution is -0.140. The predicted octanol–water partition coefficient (Wildman–Crippen LogP) is 0.0590. The van der Waals surface area contributed by atoms with Gasteiger partial charge in [0.05, 0.1) is 11.8 Å². The Morgan fingerprint density at radius 3 is 2.06 bits per heavy atom. The molecule has 0 spiro atoms. The van der Waals surface area contributed by atoms with Crippen LogP contribution in [0.1, 0.15) is 19.3 Å². The molecule has 18 heavy (non-hydrogen) atoms. The summed E-state index contributed by atoms with van der Waals surface area (Å²) in [7, 11) is 0. The van der Waals surface area contributed by atoms with Crippen LogP contribution in [0.5, 0.6) is 0 Å². The standard InChI is InChI=1S/C13H16N2O3/c14-9(16)5-6-15-12(17)10-7-1-2-8(4-3-7)11(10)13(15)18/h1-2,7-8,10-11H,3-6H2,(H2,14,16). The number of rotatable bonds is 3. The van der Waals surface area contributed by atoms with Crippen molar-refractivity contribution >= 4 is 17.7 Å². The van der Waals surface area contributed by atoms with Gasteiger partial charge < -0.3 is 5.73 Å². The van der Waals surface area contributed by atoms with Gasteiger partial charge in [-0.05, 0) is 24.7 Å². The molecule has 0 radical (unpaired) electrons. The number of carbonyl (C=O) groups is 3. The molecule has 1 saturated heterocycles. The third-order valence-electron chi connectivity index (χ3n) is 4.43. The fourth-order valence-electron chi connectivity index (χ4n) is 3.58. The Kier molecular flexibility index (Phi) is 2.50. The van der Waals surface area contributed by atoms with Gasteiger partial charge in [-0.3, -0.25) is 19.3 Å². The van der Waals surface area contributed by atoms with E-state index in [1.165, 1.54) is 4.90 Å². The summed E-state index contributed by atoms with van der Waals surface area (Å²) >= 11 is 0. The van der Waals surface area contributed by atoms with Crippen LogP contribution in [0.3, 0.4) is 0 Å². The summed E-state index contributed by atoms with van der Waals surface area (Å²) in [5.41, 5.74) is 5.07. The van der Waals surface area contributed by atoms with Gasteiger partial charge in [0.25, 0.3) is 0 Å². The Hall–Kier alpha value is -1.65. The Morgan fingerprint density at radius 2 is 1.67 bits per heavy atom. The average molecular weight is 248 g/mol. The zero-order valence-electron chi connectivity index (χ0n) is 10.0. The summed E-state index contributed by atoms with van der Waals surface area (Å²) in [5, 5.41) is 0. The van der Waals surface area contributed by atoms with Gasteiger partial charge in [-0.15, -0.1) is 0 Å². The molecule has 2 bridgehead atoms. The molecule has 4 rings (SSSR count). The van der Waals surface area contributed by atoms with Crippen LogP contribution in [-0.4, -0.2) is 29.2 Å². The largest absolute Gasteiger partial charge is 0.370 e. The fourth-order valence-corrected chi connectivity index (χ4v) is 3.58. The van der Waals surface area contributed by atoms with E-state index in [9.17, 15) is 14.4 Å². The quantitative estimate of drug-likeness (QED) is 0.566. The molecular formula is C13H16N2O3. The number of hydrogen-bond acceptors (Lipinski definition) is 3. The first kappa shape index (κ1) is 11.4. The molecular weight excluding hydrogens is 232 g/mol. The predicted molar refractivity (Wildman–Crippen MR) is 62.9 cm³/mol. The van der Waals surface area contributed by atoms with E-state index in [0.717, 1.165) is 12.8 Å². The van der Waals surface area contributed by atoms with Gasteiger partial charge in [-0.25, -0.2) is 0 Å². The third-order valence-corrected chi connectivity index (χ3v) is 4.43. The first-order chi connectivity index (χ1) is 8.59. The summed E-state index contributed by atoms with van der Waals surface area (Å²) in [6.45, 7) is 0.138. The second-order valence-corrected chi connectivity index (χ2v) is 5.39. The third kappa shape index (κ3) is 1.50. The van der Waals surface area contributed by atoms with Gasteiger partial charge in [0, 0.05) is 13.0 Å². The van der Waals surface area contributed by atoms with E-state index < -0.39 is 5.91 Å². The maximum atomic E-state index is 12.3. The fraction of sp³-hybridized carbons (Fsp3) is 0.615. The Morgan fingerprint density at radius 1 is 1.17 bits per heavy atom. The lowest BCUT2D eigenvalue weighted by atomic mass is 9.63. The molecule has 1 aliphatic heterocycles. The molecule has 2 fully saturated rings. The zero-order valence-corrected chi connectivity index (χ0v) is 10.0. The van der Waals surface area contributed by atoms with Gasteiger partial charge in [0.2, 0.25) is 17.7 Å². The first-order valence-electron chi connectivity index (χ1n) is 6.41. The molecule has 5 heteroatoms. The van der Waals surface area contributed by atoms with E-state index in [0.29, 0.717) is 0 Å². The van der Waals surface area contributed by atoms with Crippen molar-refractivity contribution in [2.75, 3.05) is 6.54 Å². The van der Waals surface area contributed by atoms with Crippen molar-refractivity contribution in [1.29, 1.82) is 0 Å². The van der Waals surface area contributed by atoms with Crippen LogP contribution in [0.2, 0.25) is 0 Å². The monoisotopic (exact) mass is 248 g/mol. The van der Waals surface area contributed by atoms with Crippen molar-refractivity contribution < 1.29 is 14.4 Å². The molecule has 3 amide bonds. The van der Waals surface area contributed by atoms with Crippen molar-refractivity contribution in [3.8, 4) is 0 Å². The van der Waals surface area contributed by atoms with Crippen LogP contribution in [0.4, 0.5) is 0 Å². The van der Waals surface area contributed by atoms with Crippen molar-refractivity contribution in [1.82, 2.24) is 4.90 Å². The molecule has 0 aromatic heterocycles. The van der Waals surface area contributed by atoms with E-state index in [1.807, 2.05) is 0 Å². The number of amides is 3. The maximum Gasteiger partial charge on any atom is 0.233 e. The number of hydrogen-bond donors (Lipinski definition) is 1. The minimum absolute atomic E-state index is 0.0552. The number of imide groups is 1. The van der Waals surface area contributed by atoms with E-state index in [4.69, 9.17) is 5.73 Å². The second-order valence-electron chi connectivity index (χ2n) is 5.39. The van der Waals surface area contributed by atoms with Crippen molar-refractivity contribution in [3.63, 3.8) is 0 Å². The van der Waals surface area contributed by atoms with Gasteiger partial charge in [-0.1, -0.05) is 12.2 Å². The van der Waals surface area contributed by atoms with Crippen LogP contribution >= 0.6 is 0 Å². The smallest absolute Gasteiger partial charge is 0.233 e. The molecule has 0 aromatic rings. The number of fused-ring (bicyclic) bond motifs is 1. The van der Waals surface area contributed by atoms with Crippen molar-refractivity contribution in [2.45, 2.75) is 19.3 Å². The number of carbonyl (C=O) groups excluding carboxylic acids is 3. The van der Waals surface area contributed by atoms with E-state index in [1.54, 1.807) is 0 Å². The highest BCUT2D eigenvalue weighted by Crippen LogP contribution is 2.49. The number of nitrogens with two attached hydrogens (primary N) is 1. The minimum atomic E-state index is -0.480. The molecule has 0 aromatic carbocycles. The van der Waals surface area contributed by atoms with Crippen LogP contribution < -0.4 is 5.73 Å². The highest BCUT2D eigenvalue weighted by Gasteiger charge is 2.56. The topological polar surface area (TPSA) is 80.5 Å².